The molecular weight excluding hydrogens is 282 g/mol. The third-order valence-corrected chi connectivity index (χ3v) is 3.08. The van der Waals surface area contributed by atoms with Gasteiger partial charge >= 0.3 is 18.0 Å². The van der Waals surface area contributed by atoms with E-state index in [9.17, 15) is 0 Å². The van der Waals surface area contributed by atoms with Gasteiger partial charge in [0, 0.05) is 0 Å². The second kappa shape index (κ2) is 7.59. The van der Waals surface area contributed by atoms with Gasteiger partial charge in [-0.25, -0.2) is 0 Å². The minimum absolute atomic E-state index is 0.138. The molecule has 0 unspecified atom stereocenters. The predicted octanol–water partition coefficient (Wildman–Crippen LogP) is 3.27. The molecule has 0 amide bonds. The summed E-state index contributed by atoms with van der Waals surface area (Å²) in [6.45, 7) is 4.44. The van der Waals surface area contributed by atoms with Crippen LogP contribution in [0.5, 0.6) is 23.8 Å². The Bertz CT molecular complexity index is 578. The van der Waals surface area contributed by atoms with E-state index in [1.54, 1.807) is 0 Å². The van der Waals surface area contributed by atoms with E-state index in [1.807, 2.05) is 24.3 Å². The molecular formula is C16H21N3O3. The lowest BCUT2D eigenvalue weighted by Gasteiger charge is -2.08. The molecule has 118 valence electrons. The number of hydrogen-bond donors (Lipinski definition) is 0. The minimum Gasteiger partial charge on any atom is -0.467 e. The first-order chi connectivity index (χ1) is 10.6. The van der Waals surface area contributed by atoms with Crippen LogP contribution < -0.4 is 14.2 Å². The lowest BCUT2D eigenvalue weighted by Crippen LogP contribution is -2.01. The van der Waals surface area contributed by atoms with Gasteiger partial charge in [-0.05, 0) is 36.5 Å². The average Bonchev–Trinajstić information content (AvgIpc) is 2.53. The lowest BCUT2D eigenvalue weighted by atomic mass is 10.0. The van der Waals surface area contributed by atoms with Crippen LogP contribution in [0.15, 0.2) is 24.3 Å². The molecule has 0 N–H and O–H groups in total. The van der Waals surface area contributed by atoms with Crippen LogP contribution in [-0.2, 0) is 6.42 Å². The van der Waals surface area contributed by atoms with Crippen LogP contribution in [0.2, 0.25) is 0 Å². The normalized spacial score (nSPS) is 10.6. The second-order valence-electron chi connectivity index (χ2n) is 5.27. The molecule has 0 fully saturated rings. The first-order valence-electron chi connectivity index (χ1n) is 7.21. The van der Waals surface area contributed by atoms with Crippen molar-refractivity contribution in [1.82, 2.24) is 15.0 Å². The van der Waals surface area contributed by atoms with Gasteiger partial charge < -0.3 is 14.2 Å². The van der Waals surface area contributed by atoms with Crippen molar-refractivity contribution in [2.24, 2.45) is 5.92 Å². The Morgan fingerprint density at radius 2 is 1.41 bits per heavy atom. The van der Waals surface area contributed by atoms with E-state index in [1.165, 1.54) is 26.2 Å². The highest BCUT2D eigenvalue weighted by atomic mass is 16.5. The number of ether oxygens (including phenoxy) is 3. The zero-order valence-corrected chi connectivity index (χ0v) is 13.4. The zero-order chi connectivity index (χ0) is 15.9. The Kier molecular flexibility index (Phi) is 5.52. The SMILES string of the molecule is COc1nc(OC)nc(Oc2ccc(CCC(C)C)cc2)n1. The molecule has 1 heterocycles. The molecule has 22 heavy (non-hydrogen) atoms. The molecule has 0 aliphatic rings. The van der Waals surface area contributed by atoms with Gasteiger partial charge in [-0.3, -0.25) is 0 Å². The van der Waals surface area contributed by atoms with Gasteiger partial charge in [0.2, 0.25) is 0 Å². The van der Waals surface area contributed by atoms with E-state index in [4.69, 9.17) is 14.2 Å². The van der Waals surface area contributed by atoms with Gasteiger partial charge in [0.15, 0.2) is 0 Å². The van der Waals surface area contributed by atoms with Crippen LogP contribution in [0.25, 0.3) is 0 Å². The molecule has 0 spiro atoms. The van der Waals surface area contributed by atoms with Gasteiger partial charge in [0.1, 0.15) is 5.75 Å². The fourth-order valence-corrected chi connectivity index (χ4v) is 1.83. The molecule has 0 saturated carbocycles. The van der Waals surface area contributed by atoms with E-state index in [0.29, 0.717) is 11.7 Å². The van der Waals surface area contributed by atoms with Crippen LogP contribution in [0, 0.1) is 5.92 Å². The summed E-state index contributed by atoms with van der Waals surface area (Å²) in [5.74, 6) is 1.35. The summed E-state index contributed by atoms with van der Waals surface area (Å²) >= 11 is 0. The Balaban J connectivity index is 2.07. The molecule has 6 nitrogen and oxygen atoms in total. The van der Waals surface area contributed by atoms with Gasteiger partial charge in [-0.2, -0.15) is 0 Å². The Labute approximate surface area is 130 Å². The first kappa shape index (κ1) is 16.0. The third kappa shape index (κ3) is 4.58. The number of hydrogen-bond acceptors (Lipinski definition) is 6. The molecule has 2 aromatic rings. The monoisotopic (exact) mass is 303 g/mol. The number of methoxy groups -OCH3 is 2. The van der Waals surface area contributed by atoms with Crippen molar-refractivity contribution in [3.63, 3.8) is 0 Å². The second-order valence-corrected chi connectivity index (χ2v) is 5.27. The van der Waals surface area contributed by atoms with Crippen LogP contribution >= 0.6 is 0 Å². The van der Waals surface area contributed by atoms with Crippen molar-refractivity contribution in [3.8, 4) is 23.8 Å². The minimum atomic E-state index is 0.138. The van der Waals surface area contributed by atoms with Crippen molar-refractivity contribution in [3.05, 3.63) is 29.8 Å². The maximum absolute atomic E-state index is 5.62. The van der Waals surface area contributed by atoms with E-state index in [2.05, 4.69) is 28.8 Å². The highest BCUT2D eigenvalue weighted by Gasteiger charge is 2.09. The standard InChI is InChI=1S/C16H21N3O3/c1-11(2)5-6-12-7-9-13(10-8-12)22-16-18-14(20-3)17-15(19-16)21-4/h7-11H,5-6H2,1-4H3. The summed E-state index contributed by atoms with van der Waals surface area (Å²) in [6.07, 6.45) is 2.23. The Morgan fingerprint density at radius 1 is 0.864 bits per heavy atom. The maximum Gasteiger partial charge on any atom is 0.331 e. The van der Waals surface area contributed by atoms with Crippen molar-refractivity contribution in [1.29, 1.82) is 0 Å². The van der Waals surface area contributed by atoms with Gasteiger partial charge in [-0.1, -0.05) is 26.0 Å². The van der Waals surface area contributed by atoms with Gasteiger partial charge in [-0.15, -0.1) is 15.0 Å². The zero-order valence-electron chi connectivity index (χ0n) is 13.4. The van der Waals surface area contributed by atoms with Crippen molar-refractivity contribution < 1.29 is 14.2 Å². The van der Waals surface area contributed by atoms with Crippen LogP contribution in [0.1, 0.15) is 25.8 Å². The first-order valence-corrected chi connectivity index (χ1v) is 7.21. The number of benzene rings is 1. The smallest absolute Gasteiger partial charge is 0.331 e. The van der Waals surface area contributed by atoms with E-state index < -0.39 is 0 Å². The summed E-state index contributed by atoms with van der Waals surface area (Å²) in [7, 11) is 2.95. The van der Waals surface area contributed by atoms with Crippen LogP contribution in [0.4, 0.5) is 0 Å². The molecule has 0 saturated heterocycles. The molecule has 1 aromatic carbocycles. The largest absolute Gasteiger partial charge is 0.467 e. The lowest BCUT2D eigenvalue weighted by molar-refractivity contribution is 0.320. The predicted molar refractivity (Wildman–Crippen MR) is 82.6 cm³/mol. The van der Waals surface area contributed by atoms with Gasteiger partial charge in [0.05, 0.1) is 14.2 Å². The topological polar surface area (TPSA) is 66.4 Å². The fourth-order valence-electron chi connectivity index (χ4n) is 1.83. The highest BCUT2D eigenvalue weighted by Crippen LogP contribution is 2.22. The summed E-state index contributed by atoms with van der Waals surface area (Å²) in [5.41, 5.74) is 1.28. The third-order valence-electron chi connectivity index (χ3n) is 3.08. The number of nitrogens with zero attached hydrogens (tertiary/aromatic N) is 3. The molecule has 0 aliphatic carbocycles. The molecule has 1 aromatic heterocycles. The fraction of sp³-hybridized carbons (Fsp3) is 0.438. The summed E-state index contributed by atoms with van der Waals surface area (Å²) < 4.78 is 15.6. The molecule has 0 radical (unpaired) electrons. The summed E-state index contributed by atoms with van der Waals surface area (Å²) in [6, 6.07) is 8.33. The van der Waals surface area contributed by atoms with E-state index >= 15 is 0 Å². The van der Waals surface area contributed by atoms with Crippen molar-refractivity contribution in [2.75, 3.05) is 14.2 Å². The molecule has 6 heteroatoms. The number of aryl methyl sites for hydroxylation is 1. The maximum atomic E-state index is 5.62. The van der Waals surface area contributed by atoms with Crippen molar-refractivity contribution >= 4 is 0 Å². The van der Waals surface area contributed by atoms with Crippen LogP contribution in [-0.4, -0.2) is 29.2 Å². The molecule has 0 bridgehead atoms. The van der Waals surface area contributed by atoms with Crippen molar-refractivity contribution in [2.45, 2.75) is 26.7 Å². The quantitative estimate of drug-likeness (QED) is 0.782. The molecule has 2 rings (SSSR count). The van der Waals surface area contributed by atoms with Gasteiger partial charge in [0.25, 0.3) is 0 Å². The van der Waals surface area contributed by atoms with E-state index in [-0.39, 0.29) is 18.0 Å². The van der Waals surface area contributed by atoms with Crippen LogP contribution in [0.3, 0.4) is 0 Å². The number of rotatable bonds is 7. The average molecular weight is 303 g/mol. The Morgan fingerprint density at radius 3 is 1.91 bits per heavy atom. The molecule has 0 aliphatic heterocycles. The Hall–Kier alpha value is -2.37. The number of aromatic nitrogens is 3. The molecule has 0 atom stereocenters. The summed E-state index contributed by atoms with van der Waals surface area (Å²) in [4.78, 5) is 12.0. The van der Waals surface area contributed by atoms with E-state index in [0.717, 1.165) is 6.42 Å². The highest BCUT2D eigenvalue weighted by molar-refractivity contribution is 5.29. The summed E-state index contributed by atoms with van der Waals surface area (Å²) in [5, 5.41) is 0.